The molecule has 162 valence electrons. The fourth-order valence-corrected chi connectivity index (χ4v) is 4.42. The van der Waals surface area contributed by atoms with Crippen molar-refractivity contribution >= 4 is 12.0 Å². The van der Waals surface area contributed by atoms with E-state index >= 15 is 0 Å². The number of carbonyl (C=O) groups excluding carboxylic acids is 1. The molecule has 4 rings (SSSR count). The highest BCUT2D eigenvalue weighted by molar-refractivity contribution is 5.66. The Morgan fingerprint density at radius 1 is 1.10 bits per heavy atom. The lowest BCUT2D eigenvalue weighted by Gasteiger charge is -2.37. The van der Waals surface area contributed by atoms with E-state index < -0.39 is 0 Å². The maximum Gasteiger partial charge on any atom is 0.141 e. The zero-order valence-corrected chi connectivity index (χ0v) is 18.2. The lowest BCUT2D eigenvalue weighted by molar-refractivity contribution is -0.109. The van der Waals surface area contributed by atoms with Crippen LogP contribution in [0.5, 0.6) is 0 Å². The number of likely N-dealkylation sites (N-methyl/N-ethyl adjacent to an activating group) is 1. The minimum atomic E-state index is -0.185. The Labute approximate surface area is 180 Å². The van der Waals surface area contributed by atoms with Gasteiger partial charge in [-0.25, -0.2) is 4.39 Å². The predicted molar refractivity (Wildman–Crippen MR) is 122 cm³/mol. The molecule has 1 fully saturated rings. The molecule has 1 unspecified atom stereocenters. The van der Waals surface area contributed by atoms with Gasteiger partial charge in [-0.15, -0.1) is 0 Å². The second-order valence-corrected chi connectivity index (χ2v) is 7.96. The van der Waals surface area contributed by atoms with Crippen LogP contribution in [0.25, 0.3) is 0 Å². The Morgan fingerprint density at radius 3 is 2.40 bits per heavy atom. The summed E-state index contributed by atoms with van der Waals surface area (Å²) in [5.41, 5.74) is 3.90. The highest BCUT2D eigenvalue weighted by atomic mass is 19.1. The van der Waals surface area contributed by atoms with Crippen molar-refractivity contribution in [2.45, 2.75) is 45.2 Å². The van der Waals surface area contributed by atoms with Gasteiger partial charge >= 0.3 is 0 Å². The quantitative estimate of drug-likeness (QED) is 0.723. The molecule has 4 nitrogen and oxygen atoms in total. The SMILES string of the molecule is CCNC(C=O)c1ccc2c(c1)N(C1CCN(CC)CC1)CC2.Fc1ccccc1. The molecule has 2 heterocycles. The molecule has 0 bridgehead atoms. The molecule has 1 saturated heterocycles. The maximum absolute atomic E-state index is 11.9. The average molecular weight is 412 g/mol. The number of hydrogen-bond donors (Lipinski definition) is 1. The van der Waals surface area contributed by atoms with E-state index in [4.69, 9.17) is 0 Å². The maximum atomic E-state index is 11.9. The number of halogens is 1. The molecule has 0 aliphatic carbocycles. The highest BCUT2D eigenvalue weighted by Gasteiger charge is 2.29. The predicted octanol–water partition coefficient (Wildman–Crippen LogP) is 4.21. The third-order valence-corrected chi connectivity index (χ3v) is 6.14. The van der Waals surface area contributed by atoms with Gasteiger partial charge in [-0.3, -0.25) is 0 Å². The van der Waals surface area contributed by atoms with E-state index in [9.17, 15) is 9.18 Å². The van der Waals surface area contributed by atoms with Gasteiger partial charge in [0, 0.05) is 31.4 Å². The number of piperidine rings is 1. The van der Waals surface area contributed by atoms with Crippen LogP contribution in [-0.2, 0) is 11.2 Å². The largest absolute Gasteiger partial charge is 0.368 e. The van der Waals surface area contributed by atoms with Gasteiger partial charge in [0.2, 0.25) is 0 Å². The van der Waals surface area contributed by atoms with E-state index in [2.05, 4.69) is 40.2 Å². The van der Waals surface area contributed by atoms with Crippen molar-refractivity contribution in [3.63, 3.8) is 0 Å². The van der Waals surface area contributed by atoms with Crippen molar-refractivity contribution in [3.8, 4) is 0 Å². The van der Waals surface area contributed by atoms with Crippen LogP contribution in [0.2, 0.25) is 0 Å². The standard InChI is InChI=1S/C19H29N3O.C6H5F/c1-3-20-18(14-23)16-6-5-15-7-12-22(19(15)13-16)17-8-10-21(4-2)11-9-17;7-6-4-2-1-3-5-6/h5-6,13-14,17-18,20H,3-4,7-12H2,1-2H3;1-5H. The van der Waals surface area contributed by atoms with Gasteiger partial charge < -0.3 is 19.9 Å². The molecule has 0 radical (unpaired) electrons. The number of nitrogens with one attached hydrogen (secondary N) is 1. The number of carbonyl (C=O) groups is 1. The van der Waals surface area contributed by atoms with E-state index in [1.54, 1.807) is 18.2 Å². The number of rotatable bonds is 6. The third kappa shape index (κ3) is 5.67. The van der Waals surface area contributed by atoms with Crippen LogP contribution in [0.1, 0.15) is 43.9 Å². The molecule has 2 aliphatic rings. The molecule has 0 amide bonds. The molecular formula is C25H34FN3O. The third-order valence-electron chi connectivity index (χ3n) is 6.14. The lowest BCUT2D eigenvalue weighted by Crippen LogP contribution is -2.44. The second kappa shape index (κ2) is 11.2. The Morgan fingerprint density at radius 2 is 1.83 bits per heavy atom. The summed E-state index contributed by atoms with van der Waals surface area (Å²) in [4.78, 5) is 16.5. The molecule has 2 aromatic rings. The van der Waals surface area contributed by atoms with Crippen molar-refractivity contribution in [3.05, 3.63) is 65.5 Å². The molecule has 5 heteroatoms. The number of likely N-dealkylation sites (tertiary alicyclic amines) is 1. The molecular weight excluding hydrogens is 377 g/mol. The van der Waals surface area contributed by atoms with Crippen molar-refractivity contribution in [2.75, 3.05) is 37.6 Å². The van der Waals surface area contributed by atoms with Crippen molar-refractivity contribution in [2.24, 2.45) is 0 Å². The summed E-state index contributed by atoms with van der Waals surface area (Å²) in [6, 6.07) is 15.0. The molecule has 30 heavy (non-hydrogen) atoms. The minimum Gasteiger partial charge on any atom is -0.368 e. The molecule has 0 aromatic heterocycles. The van der Waals surface area contributed by atoms with Crippen LogP contribution in [-0.4, -0.2) is 50.0 Å². The number of hydrogen-bond acceptors (Lipinski definition) is 4. The Bertz CT molecular complexity index is 790. The summed E-state index contributed by atoms with van der Waals surface area (Å²) < 4.78 is 11.9. The fourth-order valence-electron chi connectivity index (χ4n) is 4.42. The molecule has 1 N–H and O–H groups in total. The summed E-state index contributed by atoms with van der Waals surface area (Å²) in [6.45, 7) is 9.80. The number of nitrogens with zero attached hydrogens (tertiary/aromatic N) is 2. The summed E-state index contributed by atoms with van der Waals surface area (Å²) in [5.74, 6) is -0.178. The van der Waals surface area contributed by atoms with Gasteiger partial charge in [0.05, 0.1) is 6.04 Å². The molecule has 1 atom stereocenters. The zero-order chi connectivity index (χ0) is 21.3. The van der Waals surface area contributed by atoms with Crippen LogP contribution in [0, 0.1) is 5.82 Å². The van der Waals surface area contributed by atoms with Gasteiger partial charge in [-0.05, 0) is 61.7 Å². The van der Waals surface area contributed by atoms with Crippen LogP contribution in [0.15, 0.2) is 48.5 Å². The first kappa shape index (κ1) is 22.4. The summed E-state index contributed by atoms with van der Waals surface area (Å²) in [6.07, 6.45) is 4.66. The first-order chi connectivity index (χ1) is 14.7. The highest BCUT2D eigenvalue weighted by Crippen LogP contribution is 2.34. The summed E-state index contributed by atoms with van der Waals surface area (Å²) in [7, 11) is 0. The number of fused-ring (bicyclic) bond motifs is 1. The Balaban J connectivity index is 0.000000310. The van der Waals surface area contributed by atoms with Gasteiger partial charge in [-0.2, -0.15) is 0 Å². The summed E-state index contributed by atoms with van der Waals surface area (Å²) in [5, 5.41) is 3.25. The van der Waals surface area contributed by atoms with E-state index in [1.165, 1.54) is 49.3 Å². The van der Waals surface area contributed by atoms with E-state index in [0.717, 1.165) is 37.9 Å². The fraction of sp³-hybridized carbons (Fsp3) is 0.480. The van der Waals surface area contributed by atoms with E-state index in [1.807, 2.05) is 6.92 Å². The monoisotopic (exact) mass is 411 g/mol. The number of anilines is 1. The number of aldehydes is 1. The van der Waals surface area contributed by atoms with Crippen molar-refractivity contribution < 1.29 is 9.18 Å². The zero-order valence-electron chi connectivity index (χ0n) is 18.2. The molecule has 0 saturated carbocycles. The Hall–Kier alpha value is -2.24. The van der Waals surface area contributed by atoms with Crippen molar-refractivity contribution in [1.29, 1.82) is 0 Å². The van der Waals surface area contributed by atoms with Crippen LogP contribution in [0.3, 0.4) is 0 Å². The van der Waals surface area contributed by atoms with Crippen LogP contribution >= 0.6 is 0 Å². The molecule has 0 spiro atoms. The van der Waals surface area contributed by atoms with Crippen LogP contribution < -0.4 is 10.2 Å². The van der Waals surface area contributed by atoms with Gasteiger partial charge in [0.1, 0.15) is 12.1 Å². The van der Waals surface area contributed by atoms with Crippen molar-refractivity contribution in [1.82, 2.24) is 10.2 Å². The first-order valence-electron chi connectivity index (χ1n) is 11.2. The minimum absolute atomic E-state index is 0.178. The molecule has 2 aromatic carbocycles. The Kier molecular flexibility index (Phi) is 8.40. The average Bonchev–Trinajstić information content (AvgIpc) is 3.22. The van der Waals surface area contributed by atoms with E-state index in [-0.39, 0.29) is 11.9 Å². The lowest BCUT2D eigenvalue weighted by atomic mass is 10.0. The topological polar surface area (TPSA) is 35.6 Å². The normalized spacial score (nSPS) is 17.8. The van der Waals surface area contributed by atoms with Gasteiger partial charge in [-0.1, -0.05) is 44.2 Å². The van der Waals surface area contributed by atoms with Gasteiger partial charge in [0.15, 0.2) is 0 Å². The second-order valence-electron chi connectivity index (χ2n) is 7.96. The number of benzene rings is 2. The van der Waals surface area contributed by atoms with Gasteiger partial charge in [0.25, 0.3) is 0 Å². The molecule has 2 aliphatic heterocycles. The first-order valence-corrected chi connectivity index (χ1v) is 11.2. The van der Waals surface area contributed by atoms with Crippen LogP contribution in [0.4, 0.5) is 10.1 Å². The smallest absolute Gasteiger partial charge is 0.141 e. The van der Waals surface area contributed by atoms with E-state index in [0.29, 0.717) is 6.04 Å². The summed E-state index contributed by atoms with van der Waals surface area (Å²) >= 11 is 0.